The summed E-state index contributed by atoms with van der Waals surface area (Å²) in [5.41, 5.74) is 2.49. The molecule has 3 rings (SSSR count). The molecule has 0 unspecified atom stereocenters. The fourth-order valence-corrected chi connectivity index (χ4v) is 5.33. The van der Waals surface area contributed by atoms with E-state index in [1.807, 2.05) is 26.0 Å². The van der Waals surface area contributed by atoms with Gasteiger partial charge in [0.05, 0.1) is 10.7 Å². The lowest BCUT2D eigenvalue weighted by molar-refractivity contribution is 0.0951. The molecule has 8 heteroatoms. The van der Waals surface area contributed by atoms with Crippen molar-refractivity contribution in [1.82, 2.24) is 10.2 Å². The van der Waals surface area contributed by atoms with Crippen molar-refractivity contribution >= 4 is 33.2 Å². The third kappa shape index (κ3) is 6.45. The Balaban J connectivity index is 1.65. The molecule has 1 aliphatic heterocycles. The number of hydrogen-bond donors (Lipinski definition) is 2. The van der Waals surface area contributed by atoms with Crippen LogP contribution in [0.5, 0.6) is 0 Å². The number of nitrogens with one attached hydrogen (secondary N) is 2. The van der Waals surface area contributed by atoms with Crippen LogP contribution in [-0.2, 0) is 10.0 Å². The molecule has 1 saturated heterocycles. The first-order valence-electron chi connectivity index (χ1n) is 10.7. The highest BCUT2D eigenvalue weighted by Gasteiger charge is 2.21. The maximum atomic E-state index is 13.0. The van der Waals surface area contributed by atoms with Gasteiger partial charge < -0.3 is 10.2 Å². The van der Waals surface area contributed by atoms with Gasteiger partial charge in [0.15, 0.2) is 0 Å². The van der Waals surface area contributed by atoms with E-state index in [0.717, 1.165) is 37.2 Å². The van der Waals surface area contributed by atoms with Gasteiger partial charge in [-0.15, -0.1) is 0 Å². The SMILES string of the molecule is Cc1ccc(C)c(NS(=O)(=O)c2cc(C(=O)NCCCN3CCCCC3)ccc2Cl)c1. The van der Waals surface area contributed by atoms with Crippen molar-refractivity contribution in [1.29, 1.82) is 0 Å². The zero-order valence-electron chi connectivity index (χ0n) is 18.1. The Morgan fingerprint density at radius 2 is 1.81 bits per heavy atom. The fraction of sp³-hybridized carbons (Fsp3) is 0.435. The van der Waals surface area contributed by atoms with E-state index in [4.69, 9.17) is 11.6 Å². The van der Waals surface area contributed by atoms with Crippen LogP contribution in [0.3, 0.4) is 0 Å². The molecule has 6 nitrogen and oxygen atoms in total. The number of halogens is 1. The van der Waals surface area contributed by atoms with Crippen LogP contribution in [0, 0.1) is 13.8 Å². The summed E-state index contributed by atoms with van der Waals surface area (Å²) in [6.45, 7) is 7.47. The molecule has 0 atom stereocenters. The lowest BCUT2D eigenvalue weighted by Gasteiger charge is -2.26. The van der Waals surface area contributed by atoms with Gasteiger partial charge >= 0.3 is 0 Å². The molecule has 0 saturated carbocycles. The fourth-order valence-electron chi connectivity index (χ4n) is 3.69. The maximum Gasteiger partial charge on any atom is 0.263 e. The van der Waals surface area contributed by atoms with Crippen molar-refractivity contribution in [2.45, 2.75) is 44.4 Å². The summed E-state index contributed by atoms with van der Waals surface area (Å²) in [5, 5.41) is 2.95. The molecule has 1 amide bonds. The number of sulfonamides is 1. The quantitative estimate of drug-likeness (QED) is 0.570. The first kappa shape index (κ1) is 23.6. The van der Waals surface area contributed by atoms with Gasteiger partial charge in [0.2, 0.25) is 0 Å². The van der Waals surface area contributed by atoms with Crippen LogP contribution in [0.1, 0.15) is 47.2 Å². The molecule has 0 aliphatic carbocycles. The number of nitrogens with zero attached hydrogens (tertiary/aromatic N) is 1. The lowest BCUT2D eigenvalue weighted by Crippen LogP contribution is -2.33. The molecule has 2 aromatic rings. The highest BCUT2D eigenvalue weighted by atomic mass is 35.5. The number of anilines is 1. The molecule has 31 heavy (non-hydrogen) atoms. The van der Waals surface area contributed by atoms with Crippen molar-refractivity contribution in [2.24, 2.45) is 0 Å². The summed E-state index contributed by atoms with van der Waals surface area (Å²) in [6.07, 6.45) is 4.64. The molecule has 168 valence electrons. The van der Waals surface area contributed by atoms with E-state index >= 15 is 0 Å². The number of aryl methyl sites for hydroxylation is 2. The van der Waals surface area contributed by atoms with Gasteiger partial charge in [0.1, 0.15) is 4.90 Å². The monoisotopic (exact) mass is 463 g/mol. The number of hydrogen-bond acceptors (Lipinski definition) is 4. The first-order chi connectivity index (χ1) is 14.8. The molecule has 1 fully saturated rings. The molecule has 0 radical (unpaired) electrons. The Kier molecular flexibility index (Phi) is 7.97. The van der Waals surface area contributed by atoms with Gasteiger partial charge in [-0.25, -0.2) is 8.42 Å². The van der Waals surface area contributed by atoms with E-state index in [2.05, 4.69) is 14.9 Å². The van der Waals surface area contributed by atoms with E-state index in [1.54, 1.807) is 12.1 Å². The van der Waals surface area contributed by atoms with E-state index < -0.39 is 10.0 Å². The zero-order valence-corrected chi connectivity index (χ0v) is 19.7. The molecular formula is C23H30ClN3O3S. The van der Waals surface area contributed by atoms with Crippen LogP contribution in [0.2, 0.25) is 5.02 Å². The Hall–Kier alpha value is -2.09. The van der Waals surface area contributed by atoms with Crippen molar-refractivity contribution in [2.75, 3.05) is 30.9 Å². The normalized spacial score (nSPS) is 14.9. The summed E-state index contributed by atoms with van der Waals surface area (Å²) < 4.78 is 28.5. The minimum Gasteiger partial charge on any atom is -0.352 e. The summed E-state index contributed by atoms with van der Waals surface area (Å²) in [6, 6.07) is 9.84. The average Bonchev–Trinajstić information content (AvgIpc) is 2.74. The second kappa shape index (κ2) is 10.5. The van der Waals surface area contributed by atoms with E-state index in [-0.39, 0.29) is 21.4 Å². The third-order valence-electron chi connectivity index (χ3n) is 5.51. The molecule has 2 N–H and O–H groups in total. The minimum absolute atomic E-state index is 0.0689. The van der Waals surface area contributed by atoms with Gasteiger partial charge in [-0.1, -0.05) is 30.2 Å². The van der Waals surface area contributed by atoms with Gasteiger partial charge in [-0.05, 0) is 88.1 Å². The van der Waals surface area contributed by atoms with Gasteiger partial charge in [0, 0.05) is 12.1 Å². The van der Waals surface area contributed by atoms with Crippen LogP contribution >= 0.6 is 11.6 Å². The number of carbonyl (C=O) groups excluding carboxylic acids is 1. The van der Waals surface area contributed by atoms with Gasteiger partial charge in [0.25, 0.3) is 15.9 Å². The number of carbonyl (C=O) groups is 1. The lowest BCUT2D eigenvalue weighted by atomic mass is 10.1. The summed E-state index contributed by atoms with van der Waals surface area (Å²) in [4.78, 5) is 14.9. The first-order valence-corrected chi connectivity index (χ1v) is 12.5. The summed E-state index contributed by atoms with van der Waals surface area (Å²) in [5.74, 6) is -0.307. The molecule has 2 aromatic carbocycles. The highest BCUT2D eigenvalue weighted by Crippen LogP contribution is 2.27. The van der Waals surface area contributed by atoms with Crippen molar-refractivity contribution in [3.63, 3.8) is 0 Å². The smallest absolute Gasteiger partial charge is 0.263 e. The Morgan fingerprint density at radius 1 is 1.06 bits per heavy atom. The maximum absolute atomic E-state index is 13.0. The van der Waals surface area contributed by atoms with E-state index in [1.165, 1.54) is 31.4 Å². The second-order valence-corrected chi connectivity index (χ2v) is 10.1. The van der Waals surface area contributed by atoms with E-state index in [0.29, 0.717) is 12.2 Å². The van der Waals surface area contributed by atoms with Crippen LogP contribution in [0.25, 0.3) is 0 Å². The number of piperidine rings is 1. The van der Waals surface area contributed by atoms with Crippen molar-refractivity contribution in [3.8, 4) is 0 Å². The molecular weight excluding hydrogens is 434 g/mol. The van der Waals surface area contributed by atoms with Gasteiger partial charge in [-0.3, -0.25) is 9.52 Å². The second-order valence-electron chi connectivity index (χ2n) is 8.08. The zero-order chi connectivity index (χ0) is 22.4. The van der Waals surface area contributed by atoms with Gasteiger partial charge in [-0.2, -0.15) is 0 Å². The number of rotatable bonds is 8. The molecule has 0 bridgehead atoms. The summed E-state index contributed by atoms with van der Waals surface area (Å²) >= 11 is 6.18. The van der Waals surface area contributed by atoms with Crippen LogP contribution in [-0.4, -0.2) is 45.4 Å². The summed E-state index contributed by atoms with van der Waals surface area (Å²) in [7, 11) is -3.95. The Morgan fingerprint density at radius 3 is 2.55 bits per heavy atom. The Bertz CT molecular complexity index is 1030. The van der Waals surface area contributed by atoms with Crippen LogP contribution in [0.15, 0.2) is 41.3 Å². The third-order valence-corrected chi connectivity index (χ3v) is 7.35. The predicted octanol–water partition coefficient (Wildman–Crippen LogP) is 4.36. The molecule has 1 aliphatic rings. The molecule has 0 aromatic heterocycles. The van der Waals surface area contributed by atoms with Crippen molar-refractivity contribution in [3.05, 3.63) is 58.1 Å². The largest absolute Gasteiger partial charge is 0.352 e. The number of likely N-dealkylation sites (tertiary alicyclic amines) is 1. The average molecular weight is 464 g/mol. The highest BCUT2D eigenvalue weighted by molar-refractivity contribution is 7.92. The van der Waals surface area contributed by atoms with E-state index in [9.17, 15) is 13.2 Å². The number of benzene rings is 2. The standard InChI is InChI=1S/C23H30ClN3O3S/c1-17-7-8-18(2)21(15-17)26-31(29,30)22-16-19(9-10-20(22)24)23(28)25-11-6-14-27-12-4-3-5-13-27/h7-10,15-16,26H,3-6,11-14H2,1-2H3,(H,25,28). The molecule has 0 spiro atoms. The van der Waals surface area contributed by atoms with Crippen LogP contribution < -0.4 is 10.0 Å². The minimum atomic E-state index is -3.95. The predicted molar refractivity (Wildman–Crippen MR) is 125 cm³/mol. The Labute approximate surface area is 190 Å². The molecule has 1 heterocycles. The van der Waals surface area contributed by atoms with Crippen molar-refractivity contribution < 1.29 is 13.2 Å². The topological polar surface area (TPSA) is 78.5 Å². The van der Waals surface area contributed by atoms with Crippen LogP contribution in [0.4, 0.5) is 5.69 Å². The number of amides is 1.